The van der Waals surface area contributed by atoms with Crippen LogP contribution in [0, 0.1) is 0 Å². The van der Waals surface area contributed by atoms with Gasteiger partial charge in [-0.1, -0.05) is 47.6 Å². The van der Waals surface area contributed by atoms with Gasteiger partial charge in [-0.15, -0.1) is 0 Å². The first kappa shape index (κ1) is 21.5. The van der Waals surface area contributed by atoms with Crippen LogP contribution in [-0.2, 0) is 12.1 Å². The number of halogens is 4. The Labute approximate surface area is 193 Å². The van der Waals surface area contributed by atoms with Crippen molar-refractivity contribution >= 4 is 50.8 Å². The second-order valence-corrected chi connectivity index (χ2v) is 8.38. The van der Waals surface area contributed by atoms with E-state index in [1.165, 1.54) is 24.5 Å². The third kappa shape index (κ3) is 3.87. The highest BCUT2D eigenvalue weighted by atomic mass is 35.5. The van der Waals surface area contributed by atoms with Gasteiger partial charge in [-0.05, 0) is 24.3 Å². The van der Waals surface area contributed by atoms with Crippen LogP contribution in [0.4, 0.5) is 24.7 Å². The SMILES string of the molecule is O=c1c2ccccc2nc(C(F)(F)F)n1CSC1=NCN(c2ccccc2Cl)c2[nH]cnc21. The van der Waals surface area contributed by atoms with Gasteiger partial charge in [0.2, 0.25) is 5.82 Å². The summed E-state index contributed by atoms with van der Waals surface area (Å²) >= 11 is 7.30. The number of imidazole rings is 1. The summed E-state index contributed by atoms with van der Waals surface area (Å²) in [6.45, 7) is 0.179. The molecular formula is C21H14ClF3N6OS. The van der Waals surface area contributed by atoms with Crippen molar-refractivity contribution < 1.29 is 13.2 Å². The van der Waals surface area contributed by atoms with Crippen molar-refractivity contribution in [3.63, 3.8) is 0 Å². The number of aliphatic imine (C=N–C) groups is 1. The number of alkyl halides is 3. The zero-order valence-corrected chi connectivity index (χ0v) is 18.2. The first-order valence-corrected chi connectivity index (χ1v) is 11.0. The summed E-state index contributed by atoms with van der Waals surface area (Å²) in [5.41, 5.74) is 0.404. The lowest BCUT2D eigenvalue weighted by Crippen LogP contribution is -2.30. The third-order valence-electron chi connectivity index (χ3n) is 5.04. The zero-order chi connectivity index (χ0) is 23.2. The summed E-state index contributed by atoms with van der Waals surface area (Å²) in [6, 6.07) is 13.2. The van der Waals surface area contributed by atoms with Gasteiger partial charge >= 0.3 is 6.18 Å². The Morgan fingerprint density at radius 3 is 2.67 bits per heavy atom. The molecule has 4 aromatic rings. The highest BCUT2D eigenvalue weighted by Crippen LogP contribution is 2.36. The summed E-state index contributed by atoms with van der Waals surface area (Å²) in [5.74, 6) is -0.974. The van der Waals surface area contributed by atoms with E-state index in [1.54, 1.807) is 12.1 Å². The minimum Gasteiger partial charge on any atom is -0.331 e. The van der Waals surface area contributed by atoms with Crippen LogP contribution < -0.4 is 10.5 Å². The molecule has 7 nitrogen and oxygen atoms in total. The van der Waals surface area contributed by atoms with Crippen molar-refractivity contribution in [1.29, 1.82) is 0 Å². The summed E-state index contributed by atoms with van der Waals surface area (Å²) in [4.78, 5) is 30.2. The minimum atomic E-state index is -4.80. The number of anilines is 2. The predicted octanol–water partition coefficient (Wildman–Crippen LogP) is 5.04. The van der Waals surface area contributed by atoms with Gasteiger partial charge in [0.1, 0.15) is 23.2 Å². The number of H-pyrrole nitrogens is 1. The standard InChI is InChI=1S/C21H14ClF3N6OS/c22-13-6-2-4-8-15(13)30-10-28-18(16-17(30)27-9-26-16)33-11-31-19(32)12-5-1-3-7-14(12)29-20(31)21(23,24)25/h1-9H,10-11H2,(H,26,27). The molecule has 0 bridgehead atoms. The van der Waals surface area contributed by atoms with Crippen LogP contribution in [0.5, 0.6) is 0 Å². The van der Waals surface area contributed by atoms with E-state index in [1.807, 2.05) is 23.1 Å². The van der Waals surface area contributed by atoms with Crippen LogP contribution in [-0.4, -0.2) is 31.2 Å². The average Bonchev–Trinajstić information content (AvgIpc) is 3.29. The number of rotatable bonds is 3. The molecule has 33 heavy (non-hydrogen) atoms. The number of fused-ring (bicyclic) bond motifs is 2. The average molecular weight is 491 g/mol. The van der Waals surface area contributed by atoms with E-state index in [0.717, 1.165) is 11.8 Å². The van der Waals surface area contributed by atoms with E-state index in [-0.39, 0.29) is 23.4 Å². The highest BCUT2D eigenvalue weighted by molar-refractivity contribution is 8.13. The number of benzene rings is 2. The molecule has 1 aliphatic heterocycles. The van der Waals surface area contributed by atoms with E-state index >= 15 is 0 Å². The van der Waals surface area contributed by atoms with E-state index in [9.17, 15) is 18.0 Å². The number of hydrogen-bond acceptors (Lipinski definition) is 6. The third-order valence-corrected chi connectivity index (χ3v) is 6.34. The maximum Gasteiger partial charge on any atom is 0.449 e. The molecule has 0 radical (unpaired) electrons. The summed E-state index contributed by atoms with van der Waals surface area (Å²) in [7, 11) is 0. The number of para-hydroxylation sites is 2. The largest absolute Gasteiger partial charge is 0.449 e. The Bertz CT molecular complexity index is 1450. The Hall–Kier alpha value is -3.31. The molecule has 0 atom stereocenters. The number of nitrogens with one attached hydrogen (secondary N) is 1. The first-order chi connectivity index (χ1) is 15.8. The predicted molar refractivity (Wildman–Crippen MR) is 122 cm³/mol. The number of thioether (sulfide) groups is 1. The fourth-order valence-corrected chi connectivity index (χ4v) is 4.71. The molecule has 3 heterocycles. The fraction of sp³-hybridized carbons (Fsp3) is 0.143. The van der Waals surface area contributed by atoms with Gasteiger partial charge in [-0.2, -0.15) is 13.2 Å². The van der Waals surface area contributed by atoms with Crippen molar-refractivity contribution in [1.82, 2.24) is 19.5 Å². The first-order valence-electron chi connectivity index (χ1n) is 9.64. The number of aromatic nitrogens is 4. The summed E-state index contributed by atoms with van der Waals surface area (Å²) in [5, 5.41) is 1.04. The minimum absolute atomic E-state index is 0.00366. The molecule has 0 spiro atoms. The van der Waals surface area contributed by atoms with Gasteiger partial charge in [0.25, 0.3) is 5.56 Å². The Kier molecular flexibility index (Phi) is 5.37. The smallest absolute Gasteiger partial charge is 0.331 e. The van der Waals surface area contributed by atoms with Crippen LogP contribution in [0.15, 0.2) is 64.6 Å². The van der Waals surface area contributed by atoms with Crippen molar-refractivity contribution in [3.05, 3.63) is 81.8 Å². The maximum atomic E-state index is 13.7. The molecule has 0 aliphatic carbocycles. The molecule has 5 rings (SSSR count). The molecule has 12 heteroatoms. The van der Waals surface area contributed by atoms with Gasteiger partial charge in [0.05, 0.1) is 33.8 Å². The lowest BCUT2D eigenvalue weighted by molar-refractivity contribution is -0.147. The topological polar surface area (TPSA) is 79.2 Å². The Morgan fingerprint density at radius 2 is 1.88 bits per heavy atom. The number of hydrogen-bond donors (Lipinski definition) is 1. The van der Waals surface area contributed by atoms with E-state index in [2.05, 4.69) is 19.9 Å². The van der Waals surface area contributed by atoms with E-state index in [4.69, 9.17) is 11.6 Å². The van der Waals surface area contributed by atoms with Crippen LogP contribution in [0.3, 0.4) is 0 Å². The van der Waals surface area contributed by atoms with Crippen LogP contribution in [0.1, 0.15) is 11.5 Å². The highest BCUT2D eigenvalue weighted by Gasteiger charge is 2.37. The van der Waals surface area contributed by atoms with Crippen molar-refractivity contribution in [3.8, 4) is 0 Å². The number of aromatic amines is 1. The van der Waals surface area contributed by atoms with Crippen LogP contribution >= 0.6 is 23.4 Å². The molecule has 2 aromatic carbocycles. The molecule has 0 saturated carbocycles. The van der Waals surface area contributed by atoms with Gasteiger partial charge in [0.15, 0.2) is 0 Å². The Balaban J connectivity index is 1.49. The molecule has 0 saturated heterocycles. The lowest BCUT2D eigenvalue weighted by Gasteiger charge is -2.27. The molecule has 0 fully saturated rings. The monoisotopic (exact) mass is 490 g/mol. The van der Waals surface area contributed by atoms with E-state index < -0.39 is 17.6 Å². The van der Waals surface area contributed by atoms with Gasteiger partial charge in [0, 0.05) is 0 Å². The van der Waals surface area contributed by atoms with Gasteiger partial charge in [-0.25, -0.2) is 9.97 Å². The number of nitrogens with zero attached hydrogens (tertiary/aromatic N) is 5. The van der Waals surface area contributed by atoms with Crippen molar-refractivity contribution in [2.45, 2.75) is 12.1 Å². The molecule has 1 aliphatic rings. The molecule has 2 aromatic heterocycles. The second kappa shape index (κ2) is 8.23. The summed E-state index contributed by atoms with van der Waals surface area (Å²) in [6.07, 6.45) is -3.32. The van der Waals surface area contributed by atoms with Crippen LogP contribution in [0.25, 0.3) is 10.9 Å². The van der Waals surface area contributed by atoms with Gasteiger partial charge < -0.3 is 9.88 Å². The maximum absolute atomic E-state index is 13.7. The van der Waals surface area contributed by atoms with Crippen molar-refractivity contribution in [2.24, 2.45) is 4.99 Å². The quantitative estimate of drug-likeness (QED) is 0.435. The molecule has 0 unspecified atom stereocenters. The van der Waals surface area contributed by atoms with Crippen molar-refractivity contribution in [2.75, 3.05) is 11.6 Å². The normalized spacial score (nSPS) is 13.8. The lowest BCUT2D eigenvalue weighted by atomic mass is 10.2. The summed E-state index contributed by atoms with van der Waals surface area (Å²) < 4.78 is 41.7. The molecular weight excluding hydrogens is 477 g/mol. The van der Waals surface area contributed by atoms with E-state index in [0.29, 0.717) is 31.8 Å². The molecule has 0 amide bonds. The fourth-order valence-electron chi connectivity index (χ4n) is 3.54. The van der Waals surface area contributed by atoms with Crippen LogP contribution in [0.2, 0.25) is 5.02 Å². The van der Waals surface area contributed by atoms with Gasteiger partial charge in [-0.3, -0.25) is 14.4 Å². The zero-order valence-electron chi connectivity index (χ0n) is 16.7. The second-order valence-electron chi connectivity index (χ2n) is 7.04. The molecule has 168 valence electrons. The molecule has 1 N–H and O–H groups in total. The Morgan fingerprint density at radius 1 is 1.12 bits per heavy atom.